The van der Waals surface area contributed by atoms with E-state index in [9.17, 15) is 0 Å². The quantitative estimate of drug-likeness (QED) is 0.269. The first-order chi connectivity index (χ1) is 10.9. The van der Waals surface area contributed by atoms with Crippen molar-refractivity contribution in [2.24, 2.45) is 0 Å². The van der Waals surface area contributed by atoms with Crippen LogP contribution < -0.4 is 4.70 Å². The van der Waals surface area contributed by atoms with Crippen LogP contribution in [-0.2, 0) is 0 Å². The molecule has 0 saturated carbocycles. The largest absolute Gasteiger partial charge is 1.00 e. The molecular formula is C20H22FI2N. The summed E-state index contributed by atoms with van der Waals surface area (Å²) < 4.78 is 6.61. The van der Waals surface area contributed by atoms with Crippen LogP contribution >= 0.6 is 45.2 Å². The summed E-state index contributed by atoms with van der Waals surface area (Å²) in [5.41, 5.74) is 2.15. The highest BCUT2D eigenvalue weighted by molar-refractivity contribution is 14.1. The Labute approximate surface area is 173 Å². The predicted molar refractivity (Wildman–Crippen MR) is 119 cm³/mol. The molecule has 0 aliphatic heterocycles. The molecule has 0 atom stereocenters. The fourth-order valence-electron chi connectivity index (χ4n) is 1.15. The van der Waals surface area contributed by atoms with Crippen LogP contribution in [0.25, 0.3) is 0 Å². The van der Waals surface area contributed by atoms with Gasteiger partial charge in [-0.25, -0.2) is 0 Å². The van der Waals surface area contributed by atoms with Crippen molar-refractivity contribution in [1.29, 1.82) is 0 Å². The molecule has 2 rings (SSSR count). The van der Waals surface area contributed by atoms with E-state index in [0.29, 0.717) is 0 Å². The first-order valence-electron chi connectivity index (χ1n) is 6.99. The lowest BCUT2D eigenvalue weighted by atomic mass is 10.2. The lowest BCUT2D eigenvalue weighted by Gasteiger charge is -2.14. The van der Waals surface area contributed by atoms with Crippen LogP contribution in [0.2, 0.25) is 0 Å². The monoisotopic (exact) mass is 549 g/mol. The van der Waals surface area contributed by atoms with Crippen LogP contribution in [0.3, 0.4) is 0 Å². The first kappa shape index (κ1) is 25.2. The van der Waals surface area contributed by atoms with Crippen molar-refractivity contribution in [3.05, 3.63) is 71.8 Å². The molecule has 0 radical (unpaired) electrons. The number of rotatable bonds is 0. The van der Waals surface area contributed by atoms with Crippen molar-refractivity contribution in [2.45, 2.75) is 0 Å². The lowest BCUT2D eigenvalue weighted by molar-refractivity contribution is -0.849. The normalized spacial score (nSPS) is 8.25. The predicted octanol–water partition coefficient (Wildman–Crippen LogP) is 2.19. The molecule has 0 spiro atoms. The van der Waals surface area contributed by atoms with Gasteiger partial charge in [0.05, 0.1) is 28.2 Å². The number of halogens is 3. The molecular weight excluding hydrogens is 527 g/mol. The number of hydrogen-bond donors (Lipinski definition) is 0. The van der Waals surface area contributed by atoms with Crippen LogP contribution in [0.1, 0.15) is 11.1 Å². The second-order valence-electron chi connectivity index (χ2n) is 5.85. The minimum atomic E-state index is 0. The zero-order valence-electron chi connectivity index (χ0n) is 14.4. The fourth-order valence-corrected chi connectivity index (χ4v) is 1.77. The maximum absolute atomic E-state index is 2.94. The van der Waals surface area contributed by atoms with Gasteiger partial charge < -0.3 is 9.19 Å². The van der Waals surface area contributed by atoms with Gasteiger partial charge >= 0.3 is 0 Å². The second kappa shape index (κ2) is 15.4. The van der Waals surface area contributed by atoms with E-state index in [1.165, 1.54) is 0 Å². The highest BCUT2D eigenvalue weighted by Crippen LogP contribution is 1.95. The maximum atomic E-state index is 2.94. The molecule has 0 saturated heterocycles. The minimum Gasteiger partial charge on any atom is -1.00 e. The van der Waals surface area contributed by atoms with Gasteiger partial charge in [0.25, 0.3) is 0 Å². The Balaban J connectivity index is 0. The molecule has 0 bridgehead atoms. The van der Waals surface area contributed by atoms with Crippen molar-refractivity contribution < 1.29 is 9.19 Å². The van der Waals surface area contributed by atoms with Gasteiger partial charge in [0.15, 0.2) is 0 Å². The SMILES string of the molecule is C[N+](C)(C)C.IC#Cc1ccccc1.IC#Cc1ccccc1.[F-]. The van der Waals surface area contributed by atoms with Crippen molar-refractivity contribution >= 4 is 45.2 Å². The third kappa shape index (κ3) is 19.0. The molecule has 0 fully saturated rings. The average molecular weight is 549 g/mol. The lowest BCUT2D eigenvalue weighted by Crippen LogP contribution is -3.00. The first-order valence-corrected chi connectivity index (χ1v) is 9.15. The molecule has 0 unspecified atom stereocenters. The molecule has 2 aromatic rings. The molecule has 24 heavy (non-hydrogen) atoms. The molecule has 1 nitrogen and oxygen atoms in total. The van der Waals surface area contributed by atoms with Gasteiger partial charge in [0, 0.05) is 56.3 Å². The van der Waals surface area contributed by atoms with Gasteiger partial charge in [-0.3, -0.25) is 0 Å². The Hall–Kier alpha value is -1.09. The standard InChI is InChI=1S/2C8H5I.C4H12N.FH/c2*9-7-6-8-4-2-1-3-5-8;1-5(2,3)4;/h2*1-5H;1-4H3;1H/q;;+1;/p-1. The van der Waals surface area contributed by atoms with Gasteiger partial charge in [-0.15, -0.1) is 0 Å². The third-order valence-electron chi connectivity index (χ3n) is 1.93. The van der Waals surface area contributed by atoms with Crippen LogP contribution in [-0.4, -0.2) is 32.7 Å². The molecule has 0 amide bonds. The summed E-state index contributed by atoms with van der Waals surface area (Å²) in [6.45, 7) is 0. The van der Waals surface area contributed by atoms with E-state index < -0.39 is 0 Å². The second-order valence-corrected chi connectivity index (χ2v) is 6.93. The van der Waals surface area contributed by atoms with E-state index in [1.807, 2.05) is 106 Å². The fraction of sp³-hybridized carbons (Fsp3) is 0.200. The summed E-state index contributed by atoms with van der Waals surface area (Å²) in [6, 6.07) is 19.9. The molecule has 4 heteroatoms. The zero-order valence-corrected chi connectivity index (χ0v) is 18.7. The van der Waals surface area contributed by atoms with E-state index in [0.717, 1.165) is 15.6 Å². The Morgan fingerprint density at radius 1 is 0.625 bits per heavy atom. The van der Waals surface area contributed by atoms with Gasteiger partial charge in [0.2, 0.25) is 0 Å². The maximum Gasteiger partial charge on any atom is 0.0675 e. The summed E-state index contributed by atoms with van der Waals surface area (Å²) in [4.78, 5) is 0. The molecule has 0 heterocycles. The van der Waals surface area contributed by atoms with Gasteiger partial charge in [0.1, 0.15) is 0 Å². The van der Waals surface area contributed by atoms with Crippen molar-refractivity contribution in [3.63, 3.8) is 0 Å². The topological polar surface area (TPSA) is 0 Å². The van der Waals surface area contributed by atoms with Crippen LogP contribution in [0, 0.1) is 19.7 Å². The van der Waals surface area contributed by atoms with Crippen LogP contribution in [0.15, 0.2) is 60.7 Å². The molecule has 128 valence electrons. The zero-order chi connectivity index (χ0) is 17.6. The van der Waals surface area contributed by atoms with Crippen molar-refractivity contribution in [3.8, 4) is 19.7 Å². The highest BCUT2D eigenvalue weighted by Gasteiger charge is 1.88. The highest BCUT2D eigenvalue weighted by atomic mass is 127. The van der Waals surface area contributed by atoms with Crippen molar-refractivity contribution in [1.82, 2.24) is 0 Å². The van der Waals surface area contributed by atoms with E-state index in [4.69, 9.17) is 0 Å². The van der Waals surface area contributed by atoms with Crippen LogP contribution in [0.4, 0.5) is 0 Å². The summed E-state index contributed by atoms with van der Waals surface area (Å²) in [5.74, 6) is 5.89. The number of benzene rings is 2. The van der Waals surface area contributed by atoms with E-state index in [2.05, 4.69) is 47.9 Å². The third-order valence-corrected chi connectivity index (χ3v) is 2.47. The summed E-state index contributed by atoms with van der Waals surface area (Å²) >= 11 is 4.06. The van der Waals surface area contributed by atoms with Gasteiger partial charge in [-0.1, -0.05) is 48.2 Å². The summed E-state index contributed by atoms with van der Waals surface area (Å²) in [6.07, 6.45) is 0. The van der Waals surface area contributed by atoms with Gasteiger partial charge in [-0.05, 0) is 32.1 Å². The molecule has 0 N–H and O–H groups in total. The number of nitrogens with zero attached hydrogens (tertiary/aromatic N) is 1. The smallest absolute Gasteiger partial charge is 0.0675 e. The van der Waals surface area contributed by atoms with E-state index >= 15 is 0 Å². The Bertz CT molecular complexity index is 596. The van der Waals surface area contributed by atoms with E-state index in [-0.39, 0.29) is 4.70 Å². The summed E-state index contributed by atoms with van der Waals surface area (Å²) in [7, 11) is 8.50. The minimum absolute atomic E-state index is 0. The molecule has 0 aromatic heterocycles. The van der Waals surface area contributed by atoms with Crippen LogP contribution in [0.5, 0.6) is 0 Å². The molecule has 0 aliphatic carbocycles. The Morgan fingerprint density at radius 3 is 1.08 bits per heavy atom. The number of quaternary nitrogens is 1. The average Bonchev–Trinajstić information content (AvgIpc) is 2.49. The molecule has 2 aromatic carbocycles. The Morgan fingerprint density at radius 2 is 0.875 bits per heavy atom. The molecule has 0 aliphatic rings. The van der Waals surface area contributed by atoms with Gasteiger partial charge in [-0.2, -0.15) is 0 Å². The Kier molecular flexibility index (Phi) is 16.2. The summed E-state index contributed by atoms with van der Waals surface area (Å²) in [5, 5.41) is 0. The number of hydrogen-bond acceptors (Lipinski definition) is 0. The van der Waals surface area contributed by atoms with E-state index in [1.54, 1.807) is 0 Å². The van der Waals surface area contributed by atoms with Crippen molar-refractivity contribution in [2.75, 3.05) is 28.2 Å².